The van der Waals surface area contributed by atoms with Gasteiger partial charge >= 0.3 is 0 Å². The Hall–Kier alpha value is -1.36. The lowest BCUT2D eigenvalue weighted by molar-refractivity contribution is 0.209. The van der Waals surface area contributed by atoms with Gasteiger partial charge in [-0.3, -0.25) is 9.88 Å². The third-order valence-corrected chi connectivity index (χ3v) is 3.55. The van der Waals surface area contributed by atoms with Crippen molar-refractivity contribution in [1.29, 1.82) is 0 Å². The zero-order valence-electron chi connectivity index (χ0n) is 12.3. The highest BCUT2D eigenvalue weighted by Crippen LogP contribution is 2.15. The van der Waals surface area contributed by atoms with Crippen LogP contribution in [0.3, 0.4) is 0 Å². The lowest BCUT2D eigenvalue weighted by Gasteiger charge is -2.37. The standard InChI is InChI=1S/C14H25N5/c1-4-5-16-13-10-15-11-14(17-13)19-8-6-18(7-9-19)12(2)3/h10-12H,4-9H2,1-3H3,(H,16,17). The summed E-state index contributed by atoms with van der Waals surface area (Å²) in [6.07, 6.45) is 4.75. The van der Waals surface area contributed by atoms with Crippen molar-refractivity contribution in [3.63, 3.8) is 0 Å². The van der Waals surface area contributed by atoms with Crippen LogP contribution in [0, 0.1) is 0 Å². The fraction of sp³-hybridized carbons (Fsp3) is 0.714. The number of aromatic nitrogens is 2. The maximum absolute atomic E-state index is 4.64. The first-order valence-corrected chi connectivity index (χ1v) is 7.25. The first-order chi connectivity index (χ1) is 9.20. The number of piperazine rings is 1. The number of hydrogen-bond acceptors (Lipinski definition) is 5. The zero-order valence-corrected chi connectivity index (χ0v) is 12.3. The fourth-order valence-electron chi connectivity index (χ4n) is 2.31. The highest BCUT2D eigenvalue weighted by atomic mass is 15.3. The van der Waals surface area contributed by atoms with E-state index >= 15 is 0 Å². The normalized spacial score (nSPS) is 16.9. The van der Waals surface area contributed by atoms with Gasteiger partial charge in [-0.1, -0.05) is 6.92 Å². The Morgan fingerprint density at radius 3 is 2.58 bits per heavy atom. The van der Waals surface area contributed by atoms with E-state index in [0.29, 0.717) is 6.04 Å². The van der Waals surface area contributed by atoms with Crippen LogP contribution in [0.5, 0.6) is 0 Å². The van der Waals surface area contributed by atoms with Gasteiger partial charge in [0.05, 0.1) is 12.4 Å². The lowest BCUT2D eigenvalue weighted by atomic mass is 10.2. The molecule has 5 nitrogen and oxygen atoms in total. The minimum Gasteiger partial charge on any atom is -0.369 e. The predicted molar refractivity (Wildman–Crippen MR) is 79.7 cm³/mol. The molecule has 0 spiro atoms. The molecule has 0 radical (unpaired) electrons. The molecule has 1 N–H and O–H groups in total. The molecule has 1 fully saturated rings. The van der Waals surface area contributed by atoms with Crippen LogP contribution in [0.25, 0.3) is 0 Å². The van der Waals surface area contributed by atoms with E-state index in [1.165, 1.54) is 0 Å². The lowest BCUT2D eigenvalue weighted by Crippen LogP contribution is -2.49. The van der Waals surface area contributed by atoms with Gasteiger partial charge in [0.1, 0.15) is 11.6 Å². The fourth-order valence-corrected chi connectivity index (χ4v) is 2.31. The molecular weight excluding hydrogens is 238 g/mol. The molecule has 0 unspecified atom stereocenters. The number of nitrogens with zero attached hydrogens (tertiary/aromatic N) is 4. The molecule has 0 saturated carbocycles. The number of hydrogen-bond donors (Lipinski definition) is 1. The molecule has 1 aliphatic rings. The number of nitrogens with one attached hydrogen (secondary N) is 1. The van der Waals surface area contributed by atoms with Crippen molar-refractivity contribution in [3.8, 4) is 0 Å². The molecule has 0 bridgehead atoms. The van der Waals surface area contributed by atoms with Gasteiger partial charge in [0.15, 0.2) is 0 Å². The Morgan fingerprint density at radius 2 is 1.95 bits per heavy atom. The molecule has 0 aliphatic carbocycles. The molecule has 1 aliphatic heterocycles. The minimum atomic E-state index is 0.630. The van der Waals surface area contributed by atoms with Gasteiger partial charge in [0.2, 0.25) is 0 Å². The molecular formula is C14H25N5. The quantitative estimate of drug-likeness (QED) is 0.878. The van der Waals surface area contributed by atoms with Crippen molar-refractivity contribution < 1.29 is 0 Å². The average Bonchev–Trinajstić information content (AvgIpc) is 2.45. The van der Waals surface area contributed by atoms with Crippen LogP contribution in [-0.2, 0) is 0 Å². The molecule has 2 heterocycles. The summed E-state index contributed by atoms with van der Waals surface area (Å²) >= 11 is 0. The minimum absolute atomic E-state index is 0.630. The van der Waals surface area contributed by atoms with E-state index in [-0.39, 0.29) is 0 Å². The Balaban J connectivity index is 1.95. The van der Waals surface area contributed by atoms with Crippen molar-refractivity contribution in [3.05, 3.63) is 12.4 Å². The Morgan fingerprint density at radius 1 is 1.21 bits per heavy atom. The van der Waals surface area contributed by atoms with Crippen molar-refractivity contribution in [2.45, 2.75) is 33.2 Å². The van der Waals surface area contributed by atoms with Gasteiger partial charge in [-0.25, -0.2) is 4.98 Å². The van der Waals surface area contributed by atoms with Crippen LogP contribution >= 0.6 is 0 Å². The summed E-state index contributed by atoms with van der Waals surface area (Å²) < 4.78 is 0. The Kier molecular flexibility index (Phi) is 4.96. The molecule has 0 atom stereocenters. The monoisotopic (exact) mass is 263 g/mol. The summed E-state index contributed by atoms with van der Waals surface area (Å²) in [5.74, 6) is 1.87. The molecule has 0 amide bonds. The largest absolute Gasteiger partial charge is 0.369 e. The first kappa shape index (κ1) is 14.1. The first-order valence-electron chi connectivity index (χ1n) is 7.25. The van der Waals surface area contributed by atoms with E-state index in [1.54, 1.807) is 6.20 Å². The number of anilines is 2. The van der Waals surface area contributed by atoms with Gasteiger partial charge in [0.25, 0.3) is 0 Å². The van der Waals surface area contributed by atoms with Gasteiger partial charge in [-0.2, -0.15) is 0 Å². The van der Waals surface area contributed by atoms with E-state index in [0.717, 1.165) is 50.8 Å². The number of rotatable bonds is 5. The smallest absolute Gasteiger partial charge is 0.149 e. The van der Waals surface area contributed by atoms with Crippen molar-refractivity contribution in [2.75, 3.05) is 42.9 Å². The molecule has 106 valence electrons. The molecule has 1 saturated heterocycles. The van der Waals surface area contributed by atoms with Crippen LogP contribution in [0.15, 0.2) is 12.4 Å². The van der Waals surface area contributed by atoms with Crippen LogP contribution in [0.1, 0.15) is 27.2 Å². The van der Waals surface area contributed by atoms with Gasteiger partial charge in [-0.05, 0) is 20.3 Å². The molecule has 5 heteroatoms. The van der Waals surface area contributed by atoms with E-state index in [9.17, 15) is 0 Å². The molecule has 0 aromatic carbocycles. The van der Waals surface area contributed by atoms with E-state index < -0.39 is 0 Å². The third kappa shape index (κ3) is 3.80. The Labute approximate surface area is 116 Å². The molecule has 1 aromatic heterocycles. The topological polar surface area (TPSA) is 44.3 Å². The van der Waals surface area contributed by atoms with E-state index in [4.69, 9.17) is 0 Å². The van der Waals surface area contributed by atoms with Crippen LogP contribution in [-0.4, -0.2) is 53.6 Å². The summed E-state index contributed by atoms with van der Waals surface area (Å²) in [5, 5.41) is 3.29. The molecule has 2 rings (SSSR count). The molecule has 1 aromatic rings. The summed E-state index contributed by atoms with van der Waals surface area (Å²) in [6.45, 7) is 11.9. The van der Waals surface area contributed by atoms with Crippen LogP contribution in [0.2, 0.25) is 0 Å². The van der Waals surface area contributed by atoms with Crippen molar-refractivity contribution in [2.24, 2.45) is 0 Å². The van der Waals surface area contributed by atoms with Crippen LogP contribution < -0.4 is 10.2 Å². The van der Waals surface area contributed by atoms with Crippen molar-refractivity contribution in [1.82, 2.24) is 14.9 Å². The van der Waals surface area contributed by atoms with Gasteiger partial charge < -0.3 is 10.2 Å². The maximum atomic E-state index is 4.64. The molecule has 19 heavy (non-hydrogen) atoms. The summed E-state index contributed by atoms with van der Waals surface area (Å²) in [5.41, 5.74) is 0. The predicted octanol–water partition coefficient (Wildman–Crippen LogP) is 1.83. The zero-order chi connectivity index (χ0) is 13.7. The highest BCUT2D eigenvalue weighted by Gasteiger charge is 2.19. The Bertz CT molecular complexity index is 385. The summed E-state index contributed by atoms with van der Waals surface area (Å²) in [4.78, 5) is 13.7. The highest BCUT2D eigenvalue weighted by molar-refractivity contribution is 5.44. The van der Waals surface area contributed by atoms with E-state index in [1.807, 2.05) is 6.20 Å². The summed E-state index contributed by atoms with van der Waals surface area (Å²) in [6, 6.07) is 0.630. The van der Waals surface area contributed by atoms with Crippen molar-refractivity contribution >= 4 is 11.6 Å². The van der Waals surface area contributed by atoms with E-state index in [2.05, 4.69) is 45.9 Å². The second kappa shape index (κ2) is 6.70. The maximum Gasteiger partial charge on any atom is 0.149 e. The van der Waals surface area contributed by atoms with Crippen LogP contribution in [0.4, 0.5) is 11.6 Å². The second-order valence-corrected chi connectivity index (χ2v) is 5.31. The third-order valence-electron chi connectivity index (χ3n) is 3.55. The second-order valence-electron chi connectivity index (χ2n) is 5.31. The van der Waals surface area contributed by atoms with Gasteiger partial charge in [0, 0.05) is 38.8 Å². The average molecular weight is 263 g/mol. The van der Waals surface area contributed by atoms with Gasteiger partial charge in [-0.15, -0.1) is 0 Å². The summed E-state index contributed by atoms with van der Waals surface area (Å²) in [7, 11) is 0. The SMILES string of the molecule is CCCNc1cncc(N2CCN(C(C)C)CC2)n1.